The van der Waals surface area contributed by atoms with E-state index in [1.807, 2.05) is 46.0 Å². The van der Waals surface area contributed by atoms with Gasteiger partial charge in [0.25, 0.3) is 0 Å². The molecule has 1 aromatic heterocycles. The summed E-state index contributed by atoms with van der Waals surface area (Å²) in [6.07, 6.45) is 1.43. The Morgan fingerprint density at radius 1 is 1.38 bits per heavy atom. The van der Waals surface area contributed by atoms with Crippen molar-refractivity contribution in [3.05, 3.63) is 12.3 Å². The first-order valence-electron chi connectivity index (χ1n) is 8.04. The third-order valence-corrected chi connectivity index (χ3v) is 3.89. The fourth-order valence-corrected chi connectivity index (χ4v) is 3.15. The number of rotatable bonds is 6. The Balaban J connectivity index is 0.00000288. The van der Waals surface area contributed by atoms with E-state index in [0.717, 1.165) is 18.9 Å². The van der Waals surface area contributed by atoms with Crippen LogP contribution < -0.4 is 15.5 Å². The van der Waals surface area contributed by atoms with Gasteiger partial charge in [-0.05, 0) is 27.0 Å². The molecule has 2 rings (SSSR count). The lowest BCUT2D eigenvalue weighted by atomic mass is 10.1. The molecule has 1 fully saturated rings. The Bertz CT molecular complexity index is 522. The van der Waals surface area contributed by atoms with E-state index in [4.69, 9.17) is 5.73 Å². The number of hydrogen-bond donors (Lipinski definition) is 1. The summed E-state index contributed by atoms with van der Waals surface area (Å²) in [6, 6.07) is 1.95. The van der Waals surface area contributed by atoms with Crippen molar-refractivity contribution >= 4 is 24.2 Å². The van der Waals surface area contributed by atoms with Crippen molar-refractivity contribution in [2.75, 3.05) is 50.6 Å². The normalized spacial score (nSPS) is 21.1. The third kappa shape index (κ3) is 5.72. The van der Waals surface area contributed by atoms with E-state index in [1.165, 1.54) is 0 Å². The maximum Gasteiger partial charge on any atom is 0.226 e. The first-order valence-corrected chi connectivity index (χ1v) is 8.04. The first-order chi connectivity index (χ1) is 10.7. The highest BCUT2D eigenvalue weighted by atomic mass is 35.5. The van der Waals surface area contributed by atoms with Gasteiger partial charge < -0.3 is 20.4 Å². The average Bonchev–Trinajstić information content (AvgIpc) is 2.77. The van der Waals surface area contributed by atoms with Gasteiger partial charge in [-0.1, -0.05) is 0 Å². The van der Waals surface area contributed by atoms with Crippen LogP contribution in [0.4, 0.5) is 16.2 Å². The molecule has 0 saturated carbocycles. The zero-order chi connectivity index (χ0) is 17.2. The van der Waals surface area contributed by atoms with Crippen LogP contribution in [0.15, 0.2) is 12.3 Å². The van der Waals surface area contributed by atoms with E-state index in [9.17, 15) is 4.39 Å². The lowest BCUT2D eigenvalue weighted by Gasteiger charge is -2.32. The van der Waals surface area contributed by atoms with Crippen LogP contribution in [-0.2, 0) is 0 Å². The number of halogens is 2. The van der Waals surface area contributed by atoms with E-state index in [1.54, 1.807) is 6.20 Å². The summed E-state index contributed by atoms with van der Waals surface area (Å²) in [7, 11) is 5.83. The standard InChI is InChI=1S/C16H29FN6.ClH/c1-16(2,18)11-22(5)10-13-8-12(17)9-23(13)14-6-7-19-15(20-14)21(3)4;/h6-7,12-13H,8-11,18H2,1-5H3;1H/t12-,13-;/m0./s1. The summed E-state index contributed by atoms with van der Waals surface area (Å²) >= 11 is 0. The second-order valence-corrected chi connectivity index (χ2v) is 7.43. The number of likely N-dealkylation sites (N-methyl/N-ethyl adjacent to an activating group) is 1. The van der Waals surface area contributed by atoms with Gasteiger partial charge in [0, 0.05) is 51.4 Å². The SMILES string of the molecule is CN(C[C@@H]1C[C@H](F)CN1c1ccnc(N(C)C)n1)CC(C)(C)N.Cl. The van der Waals surface area contributed by atoms with Crippen LogP contribution in [-0.4, -0.2) is 73.4 Å². The van der Waals surface area contributed by atoms with E-state index >= 15 is 0 Å². The largest absolute Gasteiger partial charge is 0.349 e. The van der Waals surface area contributed by atoms with E-state index in [0.29, 0.717) is 18.9 Å². The van der Waals surface area contributed by atoms with Gasteiger partial charge >= 0.3 is 0 Å². The van der Waals surface area contributed by atoms with Crippen LogP contribution in [0.5, 0.6) is 0 Å². The summed E-state index contributed by atoms with van der Waals surface area (Å²) in [5.74, 6) is 1.43. The molecule has 0 spiro atoms. The molecule has 1 aromatic rings. The molecule has 0 aromatic carbocycles. The predicted molar refractivity (Wildman–Crippen MR) is 100 cm³/mol. The number of anilines is 2. The predicted octanol–water partition coefficient (Wildman–Crippen LogP) is 1.55. The van der Waals surface area contributed by atoms with Gasteiger partial charge in [-0.2, -0.15) is 4.98 Å². The first kappa shape index (κ1) is 20.9. The average molecular weight is 361 g/mol. The highest BCUT2D eigenvalue weighted by Crippen LogP contribution is 2.27. The number of nitrogens with two attached hydrogens (primary N) is 1. The van der Waals surface area contributed by atoms with Gasteiger partial charge in [0.2, 0.25) is 5.95 Å². The summed E-state index contributed by atoms with van der Waals surface area (Å²) < 4.78 is 14.0. The number of alkyl halides is 1. The maximum absolute atomic E-state index is 14.0. The molecule has 138 valence electrons. The molecule has 1 saturated heterocycles. The Morgan fingerprint density at radius 2 is 2.04 bits per heavy atom. The second kappa shape index (κ2) is 8.27. The van der Waals surface area contributed by atoms with Crippen LogP contribution in [0.25, 0.3) is 0 Å². The molecule has 2 heterocycles. The minimum Gasteiger partial charge on any atom is -0.349 e. The van der Waals surface area contributed by atoms with Gasteiger partial charge in [-0.25, -0.2) is 9.37 Å². The lowest BCUT2D eigenvalue weighted by molar-refractivity contribution is 0.250. The maximum atomic E-state index is 14.0. The Morgan fingerprint density at radius 3 is 2.62 bits per heavy atom. The van der Waals surface area contributed by atoms with Crippen LogP contribution in [0.3, 0.4) is 0 Å². The topological polar surface area (TPSA) is 61.5 Å². The monoisotopic (exact) mass is 360 g/mol. The molecule has 0 amide bonds. The molecule has 8 heteroatoms. The van der Waals surface area contributed by atoms with E-state index in [-0.39, 0.29) is 24.0 Å². The van der Waals surface area contributed by atoms with Crippen LogP contribution in [0.1, 0.15) is 20.3 Å². The molecule has 2 N–H and O–H groups in total. The zero-order valence-corrected chi connectivity index (χ0v) is 16.1. The molecule has 0 bridgehead atoms. The quantitative estimate of drug-likeness (QED) is 0.830. The number of hydrogen-bond acceptors (Lipinski definition) is 6. The Hall–Kier alpha value is -1.18. The summed E-state index contributed by atoms with van der Waals surface area (Å²) in [6.45, 7) is 5.92. The Labute approximate surface area is 150 Å². The highest BCUT2D eigenvalue weighted by Gasteiger charge is 2.34. The van der Waals surface area contributed by atoms with E-state index < -0.39 is 6.17 Å². The van der Waals surface area contributed by atoms with Crippen molar-refractivity contribution in [2.24, 2.45) is 5.73 Å². The number of aromatic nitrogens is 2. The van der Waals surface area contributed by atoms with Crippen LogP contribution in [0.2, 0.25) is 0 Å². The van der Waals surface area contributed by atoms with Gasteiger partial charge in [0.15, 0.2) is 0 Å². The molecule has 1 aliphatic heterocycles. The fraction of sp³-hybridized carbons (Fsp3) is 0.750. The molecule has 24 heavy (non-hydrogen) atoms. The van der Waals surface area contributed by atoms with Crippen molar-refractivity contribution in [3.8, 4) is 0 Å². The number of nitrogens with zero attached hydrogens (tertiary/aromatic N) is 5. The lowest BCUT2D eigenvalue weighted by Crippen LogP contribution is -2.48. The minimum atomic E-state index is -0.822. The van der Waals surface area contributed by atoms with E-state index in [2.05, 4.69) is 19.8 Å². The van der Waals surface area contributed by atoms with Gasteiger partial charge in [0.05, 0.1) is 6.54 Å². The highest BCUT2D eigenvalue weighted by molar-refractivity contribution is 5.85. The summed E-state index contributed by atoms with van der Waals surface area (Å²) in [4.78, 5) is 14.9. The van der Waals surface area contributed by atoms with Gasteiger partial charge in [0.1, 0.15) is 12.0 Å². The van der Waals surface area contributed by atoms with Crippen molar-refractivity contribution in [1.29, 1.82) is 0 Å². The molecule has 6 nitrogen and oxygen atoms in total. The summed E-state index contributed by atoms with van der Waals surface area (Å²) in [5, 5.41) is 0. The van der Waals surface area contributed by atoms with Crippen molar-refractivity contribution < 1.29 is 4.39 Å². The van der Waals surface area contributed by atoms with Crippen LogP contribution in [0, 0.1) is 0 Å². The minimum absolute atomic E-state index is 0. The molecule has 1 aliphatic rings. The van der Waals surface area contributed by atoms with Crippen molar-refractivity contribution in [1.82, 2.24) is 14.9 Å². The van der Waals surface area contributed by atoms with Crippen molar-refractivity contribution in [3.63, 3.8) is 0 Å². The fourth-order valence-electron chi connectivity index (χ4n) is 3.15. The van der Waals surface area contributed by atoms with Gasteiger partial charge in [-0.15, -0.1) is 12.4 Å². The molecular weight excluding hydrogens is 331 g/mol. The summed E-state index contributed by atoms with van der Waals surface area (Å²) in [5.41, 5.74) is 5.82. The van der Waals surface area contributed by atoms with Crippen molar-refractivity contribution in [2.45, 2.75) is 38.0 Å². The Kier molecular flexibility index (Phi) is 7.19. The zero-order valence-electron chi connectivity index (χ0n) is 15.2. The van der Waals surface area contributed by atoms with Gasteiger partial charge in [-0.3, -0.25) is 0 Å². The second-order valence-electron chi connectivity index (χ2n) is 7.43. The third-order valence-electron chi connectivity index (χ3n) is 3.89. The molecular formula is C16H30ClFN6. The molecule has 0 aliphatic carbocycles. The van der Waals surface area contributed by atoms with Crippen LogP contribution >= 0.6 is 12.4 Å². The molecule has 0 unspecified atom stereocenters. The molecule has 0 radical (unpaired) electrons. The molecule has 2 atom stereocenters. The smallest absolute Gasteiger partial charge is 0.226 e.